The van der Waals surface area contributed by atoms with Gasteiger partial charge in [0.25, 0.3) is 0 Å². The number of nitrogens with one attached hydrogen (secondary N) is 1. The molecular formula is C16H26N2O3. The van der Waals surface area contributed by atoms with Gasteiger partial charge in [-0.1, -0.05) is 12.8 Å². The van der Waals surface area contributed by atoms with Crippen LogP contribution in [0.5, 0.6) is 11.5 Å². The van der Waals surface area contributed by atoms with Crippen LogP contribution < -0.4 is 20.7 Å². The van der Waals surface area contributed by atoms with Crippen LogP contribution in [0.1, 0.15) is 44.2 Å². The van der Waals surface area contributed by atoms with Crippen LogP contribution in [0.2, 0.25) is 0 Å². The zero-order chi connectivity index (χ0) is 15.3. The minimum Gasteiger partial charge on any atom is -0.497 e. The van der Waals surface area contributed by atoms with Crippen LogP contribution in [0.25, 0.3) is 0 Å². The van der Waals surface area contributed by atoms with Gasteiger partial charge in [-0.2, -0.15) is 0 Å². The van der Waals surface area contributed by atoms with E-state index in [4.69, 9.17) is 20.1 Å². The zero-order valence-electron chi connectivity index (χ0n) is 13.1. The van der Waals surface area contributed by atoms with Crippen molar-refractivity contribution >= 4 is 0 Å². The summed E-state index contributed by atoms with van der Waals surface area (Å²) >= 11 is 0. The average molecular weight is 294 g/mol. The fourth-order valence-corrected chi connectivity index (χ4v) is 3.33. The Bertz CT molecular complexity index is 437. The van der Waals surface area contributed by atoms with E-state index in [1.165, 1.54) is 12.8 Å². The van der Waals surface area contributed by atoms with E-state index in [0.29, 0.717) is 6.61 Å². The highest BCUT2D eigenvalue weighted by Crippen LogP contribution is 2.43. The summed E-state index contributed by atoms with van der Waals surface area (Å²) in [5, 5.41) is 0. The van der Waals surface area contributed by atoms with Crippen molar-refractivity contribution in [3.8, 4) is 11.5 Å². The number of methoxy groups -OCH3 is 2. The number of hydrogen-bond donors (Lipinski definition) is 2. The minimum absolute atomic E-state index is 0.0797. The zero-order valence-corrected chi connectivity index (χ0v) is 13.1. The lowest BCUT2D eigenvalue weighted by molar-refractivity contribution is -0.0627. The van der Waals surface area contributed by atoms with Gasteiger partial charge in [0.2, 0.25) is 0 Å². The van der Waals surface area contributed by atoms with Crippen LogP contribution in [0.4, 0.5) is 0 Å². The van der Waals surface area contributed by atoms with E-state index in [2.05, 4.69) is 5.43 Å². The lowest BCUT2D eigenvalue weighted by Crippen LogP contribution is -2.47. The number of rotatable bonds is 7. The first-order valence-electron chi connectivity index (χ1n) is 7.52. The van der Waals surface area contributed by atoms with Crippen LogP contribution in [0, 0.1) is 0 Å². The van der Waals surface area contributed by atoms with Crippen LogP contribution in [0.15, 0.2) is 18.2 Å². The third-order valence-corrected chi connectivity index (χ3v) is 4.28. The molecule has 118 valence electrons. The Morgan fingerprint density at radius 3 is 2.14 bits per heavy atom. The van der Waals surface area contributed by atoms with Crippen molar-refractivity contribution in [1.29, 1.82) is 0 Å². The summed E-state index contributed by atoms with van der Waals surface area (Å²) in [6.07, 6.45) is 4.35. The maximum atomic E-state index is 6.12. The van der Waals surface area contributed by atoms with Crippen LogP contribution in [-0.4, -0.2) is 26.4 Å². The standard InChI is InChI=1S/C16H26N2O3/c1-4-21-16(7-5-6-8-16)15(18-17)12-9-13(19-2)11-14(10-12)20-3/h9-11,15,18H,4-8,17H2,1-3H3. The third kappa shape index (κ3) is 3.31. The smallest absolute Gasteiger partial charge is 0.122 e. The van der Waals surface area contributed by atoms with E-state index in [9.17, 15) is 0 Å². The van der Waals surface area contributed by atoms with E-state index >= 15 is 0 Å². The van der Waals surface area contributed by atoms with Gasteiger partial charge in [-0.05, 0) is 37.5 Å². The fraction of sp³-hybridized carbons (Fsp3) is 0.625. The van der Waals surface area contributed by atoms with Crippen LogP contribution >= 0.6 is 0 Å². The van der Waals surface area contributed by atoms with E-state index in [0.717, 1.165) is 29.9 Å². The summed E-state index contributed by atoms with van der Waals surface area (Å²) in [6.45, 7) is 2.71. The maximum Gasteiger partial charge on any atom is 0.122 e. The van der Waals surface area contributed by atoms with Gasteiger partial charge in [0, 0.05) is 12.7 Å². The van der Waals surface area contributed by atoms with Gasteiger partial charge in [0.15, 0.2) is 0 Å². The molecule has 1 aliphatic carbocycles. The van der Waals surface area contributed by atoms with Gasteiger partial charge < -0.3 is 14.2 Å². The quantitative estimate of drug-likeness (QED) is 0.597. The average Bonchev–Trinajstić information content (AvgIpc) is 2.97. The molecule has 0 aliphatic heterocycles. The van der Waals surface area contributed by atoms with E-state index in [1.54, 1.807) is 14.2 Å². The van der Waals surface area contributed by atoms with Crippen molar-refractivity contribution in [2.45, 2.75) is 44.2 Å². The number of benzene rings is 1. The molecule has 5 nitrogen and oxygen atoms in total. The molecule has 0 saturated heterocycles. The van der Waals surface area contributed by atoms with Crippen LogP contribution in [0.3, 0.4) is 0 Å². The predicted molar refractivity (Wildman–Crippen MR) is 82.4 cm³/mol. The lowest BCUT2D eigenvalue weighted by Gasteiger charge is -2.37. The molecule has 1 saturated carbocycles. The Morgan fingerprint density at radius 1 is 1.14 bits per heavy atom. The predicted octanol–water partition coefficient (Wildman–Crippen LogP) is 2.56. The Balaban J connectivity index is 2.39. The summed E-state index contributed by atoms with van der Waals surface area (Å²) in [5.74, 6) is 7.39. The molecule has 0 bridgehead atoms. The summed E-state index contributed by atoms with van der Waals surface area (Å²) in [4.78, 5) is 0. The highest BCUT2D eigenvalue weighted by atomic mass is 16.5. The molecule has 1 fully saturated rings. The number of hydrogen-bond acceptors (Lipinski definition) is 5. The highest BCUT2D eigenvalue weighted by molar-refractivity contribution is 5.41. The van der Waals surface area contributed by atoms with Gasteiger partial charge in [-0.3, -0.25) is 11.3 Å². The molecule has 3 N–H and O–H groups in total. The molecule has 1 atom stereocenters. The van der Waals surface area contributed by atoms with Gasteiger partial charge >= 0.3 is 0 Å². The summed E-state index contributed by atoms with van der Waals surface area (Å²) in [5.41, 5.74) is 3.73. The van der Waals surface area contributed by atoms with Gasteiger partial charge in [0.1, 0.15) is 11.5 Å². The Morgan fingerprint density at radius 2 is 1.71 bits per heavy atom. The summed E-state index contributed by atoms with van der Waals surface area (Å²) < 4.78 is 16.8. The van der Waals surface area contributed by atoms with E-state index < -0.39 is 0 Å². The number of nitrogens with two attached hydrogens (primary N) is 1. The normalized spacial score (nSPS) is 18.5. The Labute approximate surface area is 126 Å². The Kier molecular flexibility index (Phi) is 5.45. The molecular weight excluding hydrogens is 268 g/mol. The molecule has 1 aliphatic rings. The van der Waals surface area contributed by atoms with Crippen molar-refractivity contribution < 1.29 is 14.2 Å². The third-order valence-electron chi connectivity index (χ3n) is 4.28. The van der Waals surface area contributed by atoms with Gasteiger partial charge in [-0.15, -0.1) is 0 Å². The topological polar surface area (TPSA) is 65.7 Å². The van der Waals surface area contributed by atoms with Crippen molar-refractivity contribution in [3.05, 3.63) is 23.8 Å². The van der Waals surface area contributed by atoms with Crippen molar-refractivity contribution in [1.82, 2.24) is 5.43 Å². The number of hydrazine groups is 1. The molecule has 1 aromatic rings. The molecule has 1 aromatic carbocycles. The Hall–Kier alpha value is -1.30. The molecule has 2 rings (SSSR count). The first-order chi connectivity index (χ1) is 10.2. The molecule has 0 spiro atoms. The minimum atomic E-state index is -0.249. The molecule has 5 heteroatoms. The first kappa shape index (κ1) is 16.1. The molecule has 0 radical (unpaired) electrons. The van der Waals surface area contributed by atoms with Crippen molar-refractivity contribution in [3.63, 3.8) is 0 Å². The maximum absolute atomic E-state index is 6.12. The molecule has 0 amide bonds. The van der Waals surface area contributed by atoms with Crippen LogP contribution in [-0.2, 0) is 4.74 Å². The molecule has 0 heterocycles. The second-order valence-corrected chi connectivity index (χ2v) is 5.45. The molecule has 1 unspecified atom stereocenters. The van der Waals surface area contributed by atoms with Gasteiger partial charge in [0.05, 0.1) is 25.9 Å². The lowest BCUT2D eigenvalue weighted by atomic mass is 9.87. The summed E-state index contributed by atoms with van der Waals surface area (Å²) in [6, 6.07) is 5.76. The van der Waals surface area contributed by atoms with Crippen molar-refractivity contribution in [2.75, 3.05) is 20.8 Å². The highest BCUT2D eigenvalue weighted by Gasteiger charge is 2.42. The van der Waals surface area contributed by atoms with E-state index in [1.807, 2.05) is 25.1 Å². The fourth-order valence-electron chi connectivity index (χ4n) is 3.33. The second kappa shape index (κ2) is 7.11. The number of ether oxygens (including phenoxy) is 3. The SMILES string of the molecule is CCOC1(C(NN)c2cc(OC)cc(OC)c2)CCCC1. The molecule has 0 aromatic heterocycles. The van der Waals surface area contributed by atoms with Crippen molar-refractivity contribution in [2.24, 2.45) is 5.84 Å². The monoisotopic (exact) mass is 294 g/mol. The largest absolute Gasteiger partial charge is 0.497 e. The first-order valence-corrected chi connectivity index (χ1v) is 7.52. The van der Waals surface area contributed by atoms with E-state index in [-0.39, 0.29) is 11.6 Å². The molecule has 21 heavy (non-hydrogen) atoms. The summed E-state index contributed by atoms with van der Waals surface area (Å²) in [7, 11) is 3.30. The second-order valence-electron chi connectivity index (χ2n) is 5.45. The van der Waals surface area contributed by atoms with Gasteiger partial charge in [-0.25, -0.2) is 0 Å².